The number of hydrogen-bond donors (Lipinski definition) is 1. The molecule has 0 saturated carbocycles. The van der Waals surface area contributed by atoms with Gasteiger partial charge in [0.1, 0.15) is 25.0 Å². The van der Waals surface area contributed by atoms with Crippen molar-refractivity contribution < 1.29 is 14.3 Å². The SMILES string of the molecule is N[C@H](Cc1ccc(OCc2ccccc2)cc1)C(=O)OCc1ccccc1. The molecule has 0 bridgehead atoms. The minimum Gasteiger partial charge on any atom is -0.489 e. The number of esters is 1. The van der Waals surface area contributed by atoms with Gasteiger partial charge in [-0.3, -0.25) is 4.79 Å². The number of ether oxygens (including phenoxy) is 2. The molecule has 0 aromatic heterocycles. The normalized spacial score (nSPS) is 11.6. The van der Waals surface area contributed by atoms with Crippen LogP contribution >= 0.6 is 0 Å². The first-order valence-electron chi connectivity index (χ1n) is 8.92. The number of benzene rings is 3. The Kier molecular flexibility index (Phi) is 6.61. The summed E-state index contributed by atoms with van der Waals surface area (Å²) >= 11 is 0. The average Bonchev–Trinajstić information content (AvgIpc) is 2.73. The number of carbonyl (C=O) groups excluding carboxylic acids is 1. The van der Waals surface area contributed by atoms with Crippen LogP contribution in [0.3, 0.4) is 0 Å². The summed E-state index contributed by atoms with van der Waals surface area (Å²) in [6.07, 6.45) is 0.423. The van der Waals surface area contributed by atoms with Gasteiger partial charge in [-0.1, -0.05) is 72.8 Å². The molecule has 3 aromatic carbocycles. The molecular weight excluding hydrogens is 338 g/mol. The van der Waals surface area contributed by atoms with E-state index in [2.05, 4.69) is 0 Å². The Morgan fingerprint density at radius 2 is 1.30 bits per heavy atom. The van der Waals surface area contributed by atoms with Crippen molar-refractivity contribution in [3.8, 4) is 5.75 Å². The first-order valence-corrected chi connectivity index (χ1v) is 8.92. The molecule has 3 rings (SSSR count). The highest BCUT2D eigenvalue weighted by atomic mass is 16.5. The third-order valence-electron chi connectivity index (χ3n) is 4.15. The molecule has 0 aliphatic heterocycles. The molecule has 0 aliphatic carbocycles. The van der Waals surface area contributed by atoms with Crippen LogP contribution < -0.4 is 10.5 Å². The summed E-state index contributed by atoms with van der Waals surface area (Å²) in [6.45, 7) is 0.755. The highest BCUT2D eigenvalue weighted by molar-refractivity contribution is 5.75. The second-order valence-corrected chi connectivity index (χ2v) is 6.32. The highest BCUT2D eigenvalue weighted by Gasteiger charge is 2.15. The summed E-state index contributed by atoms with van der Waals surface area (Å²) in [4.78, 5) is 12.1. The Labute approximate surface area is 159 Å². The lowest BCUT2D eigenvalue weighted by atomic mass is 10.1. The third-order valence-corrected chi connectivity index (χ3v) is 4.15. The van der Waals surface area contributed by atoms with Gasteiger partial charge in [0.05, 0.1) is 0 Å². The zero-order valence-corrected chi connectivity index (χ0v) is 15.1. The molecule has 4 heteroatoms. The van der Waals surface area contributed by atoms with Gasteiger partial charge in [-0.25, -0.2) is 0 Å². The van der Waals surface area contributed by atoms with E-state index in [1.54, 1.807) is 0 Å². The van der Waals surface area contributed by atoms with Crippen molar-refractivity contribution in [3.63, 3.8) is 0 Å². The number of hydrogen-bond acceptors (Lipinski definition) is 4. The van der Waals surface area contributed by atoms with E-state index in [0.29, 0.717) is 13.0 Å². The lowest BCUT2D eigenvalue weighted by Gasteiger charge is -2.12. The van der Waals surface area contributed by atoms with Gasteiger partial charge in [0.25, 0.3) is 0 Å². The Morgan fingerprint density at radius 1 is 0.741 bits per heavy atom. The monoisotopic (exact) mass is 361 g/mol. The zero-order chi connectivity index (χ0) is 18.9. The van der Waals surface area contributed by atoms with Crippen molar-refractivity contribution >= 4 is 5.97 Å². The quantitative estimate of drug-likeness (QED) is 0.619. The Balaban J connectivity index is 1.46. The van der Waals surface area contributed by atoms with Crippen LogP contribution in [0.25, 0.3) is 0 Å². The summed E-state index contributed by atoms with van der Waals surface area (Å²) in [6, 6.07) is 26.5. The fourth-order valence-electron chi connectivity index (χ4n) is 2.64. The van der Waals surface area contributed by atoms with Crippen molar-refractivity contribution in [2.45, 2.75) is 25.7 Å². The molecule has 0 fully saturated rings. The maximum Gasteiger partial charge on any atom is 0.323 e. The van der Waals surface area contributed by atoms with Crippen molar-refractivity contribution in [2.75, 3.05) is 0 Å². The maximum atomic E-state index is 12.1. The van der Waals surface area contributed by atoms with Gasteiger partial charge in [-0.05, 0) is 35.2 Å². The molecule has 0 amide bonds. The van der Waals surface area contributed by atoms with Crippen LogP contribution in [-0.4, -0.2) is 12.0 Å². The molecule has 2 N–H and O–H groups in total. The number of rotatable bonds is 8. The second-order valence-electron chi connectivity index (χ2n) is 6.32. The van der Waals surface area contributed by atoms with Crippen LogP contribution in [0, 0.1) is 0 Å². The van der Waals surface area contributed by atoms with Gasteiger partial charge in [0.2, 0.25) is 0 Å². The van der Waals surface area contributed by atoms with E-state index in [4.69, 9.17) is 15.2 Å². The second kappa shape index (κ2) is 9.55. The summed E-state index contributed by atoms with van der Waals surface area (Å²) in [5.41, 5.74) is 9.00. The van der Waals surface area contributed by atoms with Gasteiger partial charge in [0, 0.05) is 0 Å². The molecule has 0 saturated heterocycles. The van der Waals surface area contributed by atoms with Crippen molar-refractivity contribution in [2.24, 2.45) is 5.73 Å². The first kappa shape index (κ1) is 18.7. The molecule has 3 aromatic rings. The molecule has 0 radical (unpaired) electrons. The lowest BCUT2D eigenvalue weighted by Crippen LogP contribution is -2.34. The van der Waals surface area contributed by atoms with Gasteiger partial charge >= 0.3 is 5.97 Å². The van der Waals surface area contributed by atoms with E-state index in [9.17, 15) is 4.79 Å². The smallest absolute Gasteiger partial charge is 0.323 e. The first-order chi connectivity index (χ1) is 13.2. The largest absolute Gasteiger partial charge is 0.489 e. The molecule has 27 heavy (non-hydrogen) atoms. The molecule has 138 valence electrons. The van der Waals surface area contributed by atoms with Crippen LogP contribution in [-0.2, 0) is 29.2 Å². The summed E-state index contributed by atoms with van der Waals surface area (Å²) in [5, 5.41) is 0. The van der Waals surface area contributed by atoms with E-state index < -0.39 is 12.0 Å². The Bertz CT molecular complexity index is 833. The van der Waals surface area contributed by atoms with Crippen molar-refractivity contribution in [1.82, 2.24) is 0 Å². The zero-order valence-electron chi connectivity index (χ0n) is 15.1. The van der Waals surface area contributed by atoms with E-state index in [0.717, 1.165) is 22.4 Å². The standard InChI is InChI=1S/C23H23NO3/c24-22(23(25)27-17-20-9-5-2-6-10-20)15-18-11-13-21(14-12-18)26-16-19-7-3-1-4-8-19/h1-14,22H,15-17,24H2/t22-/m1/s1. The number of carbonyl (C=O) groups is 1. The van der Waals surface area contributed by atoms with E-state index in [1.807, 2.05) is 84.9 Å². The maximum absolute atomic E-state index is 12.1. The van der Waals surface area contributed by atoms with Crippen molar-refractivity contribution in [1.29, 1.82) is 0 Å². The predicted molar refractivity (Wildman–Crippen MR) is 105 cm³/mol. The van der Waals surface area contributed by atoms with Crippen LogP contribution in [0.5, 0.6) is 5.75 Å². The van der Waals surface area contributed by atoms with Crippen LogP contribution in [0.2, 0.25) is 0 Å². The van der Waals surface area contributed by atoms with Gasteiger partial charge < -0.3 is 15.2 Å². The van der Waals surface area contributed by atoms with Crippen LogP contribution in [0.4, 0.5) is 0 Å². The molecule has 0 spiro atoms. The number of nitrogens with two attached hydrogens (primary N) is 1. The fraction of sp³-hybridized carbons (Fsp3) is 0.174. The summed E-state index contributed by atoms with van der Waals surface area (Å²) in [7, 11) is 0. The summed E-state index contributed by atoms with van der Waals surface area (Å²) in [5.74, 6) is 0.381. The van der Waals surface area contributed by atoms with Crippen LogP contribution in [0.1, 0.15) is 16.7 Å². The van der Waals surface area contributed by atoms with Gasteiger partial charge in [0.15, 0.2) is 0 Å². The minimum absolute atomic E-state index is 0.236. The highest BCUT2D eigenvalue weighted by Crippen LogP contribution is 2.15. The average molecular weight is 361 g/mol. The molecule has 0 heterocycles. The minimum atomic E-state index is -0.690. The summed E-state index contributed by atoms with van der Waals surface area (Å²) < 4.78 is 11.0. The van der Waals surface area contributed by atoms with E-state index in [-0.39, 0.29) is 6.61 Å². The molecule has 4 nitrogen and oxygen atoms in total. The predicted octanol–water partition coefficient (Wildman–Crippen LogP) is 3.88. The third kappa shape index (κ3) is 5.97. The topological polar surface area (TPSA) is 61.5 Å². The Morgan fingerprint density at radius 3 is 1.89 bits per heavy atom. The molecule has 0 unspecified atom stereocenters. The van der Waals surface area contributed by atoms with E-state index >= 15 is 0 Å². The van der Waals surface area contributed by atoms with Gasteiger partial charge in [-0.2, -0.15) is 0 Å². The van der Waals surface area contributed by atoms with Crippen LogP contribution in [0.15, 0.2) is 84.9 Å². The van der Waals surface area contributed by atoms with Gasteiger partial charge in [-0.15, -0.1) is 0 Å². The molecular formula is C23H23NO3. The Hall–Kier alpha value is -3.11. The molecule has 0 aliphatic rings. The lowest BCUT2D eigenvalue weighted by molar-refractivity contribution is -0.146. The molecule has 1 atom stereocenters. The van der Waals surface area contributed by atoms with E-state index in [1.165, 1.54) is 0 Å². The fourth-order valence-corrected chi connectivity index (χ4v) is 2.64. The van der Waals surface area contributed by atoms with Crippen molar-refractivity contribution in [3.05, 3.63) is 102 Å².